The van der Waals surface area contributed by atoms with Gasteiger partial charge in [-0.15, -0.1) is 0 Å². The van der Waals surface area contributed by atoms with E-state index in [2.05, 4.69) is 166 Å². The number of rotatable bonds is 4. The van der Waals surface area contributed by atoms with Gasteiger partial charge < -0.3 is 4.57 Å². The summed E-state index contributed by atoms with van der Waals surface area (Å²) < 4.78 is 3.48. The molecule has 180 valence electrons. The summed E-state index contributed by atoms with van der Waals surface area (Å²) in [6.45, 7) is 0. The van der Waals surface area contributed by atoms with E-state index in [0.717, 1.165) is 4.47 Å². The molecule has 6 aromatic carbocycles. The number of hydrogen-bond donors (Lipinski definition) is 0. The van der Waals surface area contributed by atoms with Crippen molar-refractivity contribution in [1.82, 2.24) is 4.57 Å². The van der Waals surface area contributed by atoms with Crippen LogP contribution < -0.4 is 0 Å². The van der Waals surface area contributed by atoms with Gasteiger partial charge in [-0.25, -0.2) is 0 Å². The Morgan fingerprint density at radius 3 is 1.63 bits per heavy atom. The molecule has 38 heavy (non-hydrogen) atoms. The van der Waals surface area contributed by atoms with Gasteiger partial charge in [0, 0.05) is 20.9 Å². The number of para-hydroxylation sites is 1. The second-order valence-electron chi connectivity index (χ2n) is 9.59. The number of aromatic nitrogens is 1. The molecule has 0 bridgehead atoms. The standard InChI is InChI=1S/C36H24BrN/c37-31-11-7-10-28(22-31)26-14-16-27(17-15-26)30-18-20-33-34-23-29(25-8-3-1-4-9-25)19-21-35(34)38(36(33)24-30)32-12-5-2-6-13-32/h1-24H. The Morgan fingerprint density at radius 1 is 0.368 bits per heavy atom. The lowest BCUT2D eigenvalue weighted by Crippen LogP contribution is -1.93. The molecule has 0 radical (unpaired) electrons. The largest absolute Gasteiger partial charge is 0.309 e. The molecule has 0 aliphatic rings. The molecule has 1 heterocycles. The first-order valence-corrected chi connectivity index (χ1v) is 13.6. The van der Waals surface area contributed by atoms with Gasteiger partial charge in [0.25, 0.3) is 0 Å². The highest BCUT2D eigenvalue weighted by molar-refractivity contribution is 9.10. The molecule has 0 saturated heterocycles. The minimum atomic E-state index is 1.09. The van der Waals surface area contributed by atoms with Crippen molar-refractivity contribution in [2.24, 2.45) is 0 Å². The molecule has 2 heteroatoms. The Bertz CT molecular complexity index is 1900. The number of nitrogens with zero attached hydrogens (tertiary/aromatic N) is 1. The number of benzene rings is 6. The predicted octanol–water partition coefficient (Wildman–Crippen LogP) is 10.5. The molecule has 0 aliphatic heterocycles. The van der Waals surface area contributed by atoms with E-state index in [0.29, 0.717) is 0 Å². The van der Waals surface area contributed by atoms with Crippen molar-refractivity contribution in [3.8, 4) is 39.1 Å². The van der Waals surface area contributed by atoms with Gasteiger partial charge in [-0.3, -0.25) is 0 Å². The number of hydrogen-bond acceptors (Lipinski definition) is 0. The van der Waals surface area contributed by atoms with Gasteiger partial charge in [0.1, 0.15) is 0 Å². The van der Waals surface area contributed by atoms with Gasteiger partial charge in [0.2, 0.25) is 0 Å². The second kappa shape index (κ2) is 9.48. The summed E-state index contributed by atoms with van der Waals surface area (Å²) in [6, 6.07) is 52.3. The van der Waals surface area contributed by atoms with Crippen molar-refractivity contribution in [2.45, 2.75) is 0 Å². The summed E-state index contributed by atoms with van der Waals surface area (Å²) >= 11 is 3.59. The van der Waals surface area contributed by atoms with E-state index in [9.17, 15) is 0 Å². The zero-order chi connectivity index (χ0) is 25.5. The Kier molecular flexibility index (Phi) is 5.68. The first kappa shape index (κ1) is 22.8. The predicted molar refractivity (Wildman–Crippen MR) is 165 cm³/mol. The van der Waals surface area contributed by atoms with Gasteiger partial charge >= 0.3 is 0 Å². The lowest BCUT2D eigenvalue weighted by atomic mass is 9.99. The van der Waals surface area contributed by atoms with Crippen molar-refractivity contribution in [1.29, 1.82) is 0 Å². The van der Waals surface area contributed by atoms with E-state index in [1.54, 1.807) is 0 Å². The average Bonchev–Trinajstić information content (AvgIpc) is 3.31. The van der Waals surface area contributed by atoms with Crippen LogP contribution in [0.4, 0.5) is 0 Å². The van der Waals surface area contributed by atoms with Crippen LogP contribution in [-0.4, -0.2) is 4.57 Å². The third-order valence-corrected chi connectivity index (χ3v) is 7.76. The summed E-state index contributed by atoms with van der Waals surface area (Å²) in [4.78, 5) is 0. The summed E-state index contributed by atoms with van der Waals surface area (Å²) in [5.41, 5.74) is 10.9. The average molecular weight is 550 g/mol. The summed E-state index contributed by atoms with van der Waals surface area (Å²) in [6.07, 6.45) is 0. The van der Waals surface area contributed by atoms with Crippen molar-refractivity contribution in [3.05, 3.63) is 150 Å². The van der Waals surface area contributed by atoms with Crippen LogP contribution in [0.15, 0.2) is 150 Å². The van der Waals surface area contributed by atoms with Crippen molar-refractivity contribution < 1.29 is 0 Å². The van der Waals surface area contributed by atoms with Crippen LogP contribution in [0, 0.1) is 0 Å². The molecule has 0 amide bonds. The quantitative estimate of drug-likeness (QED) is 0.205. The van der Waals surface area contributed by atoms with Gasteiger partial charge in [-0.2, -0.15) is 0 Å². The Hall–Kier alpha value is -4.40. The molecule has 7 aromatic rings. The molecule has 0 fully saturated rings. The van der Waals surface area contributed by atoms with Crippen molar-refractivity contribution >= 4 is 37.7 Å². The SMILES string of the molecule is Brc1cccc(-c2ccc(-c3ccc4c5cc(-c6ccccc6)ccc5n(-c5ccccc5)c4c3)cc2)c1. The van der Waals surface area contributed by atoms with Crippen LogP contribution in [0.2, 0.25) is 0 Å². The molecule has 0 saturated carbocycles. The summed E-state index contributed by atoms with van der Waals surface area (Å²) in [5.74, 6) is 0. The van der Waals surface area contributed by atoms with E-state index < -0.39 is 0 Å². The Labute approximate surface area is 230 Å². The second-order valence-corrected chi connectivity index (χ2v) is 10.5. The summed E-state index contributed by atoms with van der Waals surface area (Å²) in [5, 5.41) is 2.53. The lowest BCUT2D eigenvalue weighted by molar-refractivity contribution is 1.18. The molecule has 0 unspecified atom stereocenters. The molecule has 7 rings (SSSR count). The normalized spacial score (nSPS) is 11.3. The van der Waals surface area contributed by atoms with E-state index in [-0.39, 0.29) is 0 Å². The highest BCUT2D eigenvalue weighted by atomic mass is 79.9. The maximum atomic E-state index is 3.59. The lowest BCUT2D eigenvalue weighted by Gasteiger charge is -2.10. The number of halogens is 1. The van der Waals surface area contributed by atoms with Crippen LogP contribution in [0.5, 0.6) is 0 Å². The van der Waals surface area contributed by atoms with Gasteiger partial charge in [-0.1, -0.05) is 119 Å². The van der Waals surface area contributed by atoms with Gasteiger partial charge in [-0.05, 0) is 75.8 Å². The van der Waals surface area contributed by atoms with Crippen molar-refractivity contribution in [2.75, 3.05) is 0 Å². The smallest absolute Gasteiger partial charge is 0.0547 e. The fourth-order valence-electron chi connectivity index (χ4n) is 5.39. The third-order valence-electron chi connectivity index (χ3n) is 7.26. The molecule has 0 N–H and O–H groups in total. The minimum absolute atomic E-state index is 1.09. The van der Waals surface area contributed by atoms with Crippen molar-refractivity contribution in [3.63, 3.8) is 0 Å². The zero-order valence-corrected chi connectivity index (χ0v) is 22.3. The van der Waals surface area contributed by atoms with Crippen LogP contribution in [-0.2, 0) is 0 Å². The Balaban J connectivity index is 1.39. The molecule has 0 spiro atoms. The summed E-state index contributed by atoms with van der Waals surface area (Å²) in [7, 11) is 0. The monoisotopic (exact) mass is 549 g/mol. The zero-order valence-electron chi connectivity index (χ0n) is 20.7. The van der Waals surface area contributed by atoms with E-state index in [1.807, 2.05) is 0 Å². The molecular weight excluding hydrogens is 526 g/mol. The first-order chi connectivity index (χ1) is 18.7. The molecular formula is C36H24BrN. The van der Waals surface area contributed by atoms with Crippen LogP contribution in [0.3, 0.4) is 0 Å². The molecule has 1 aromatic heterocycles. The van der Waals surface area contributed by atoms with Crippen LogP contribution in [0.25, 0.3) is 60.9 Å². The fraction of sp³-hybridized carbons (Fsp3) is 0. The first-order valence-electron chi connectivity index (χ1n) is 12.8. The van der Waals surface area contributed by atoms with Gasteiger partial charge in [0.05, 0.1) is 11.0 Å². The highest BCUT2D eigenvalue weighted by Crippen LogP contribution is 2.37. The van der Waals surface area contributed by atoms with E-state index in [4.69, 9.17) is 0 Å². The van der Waals surface area contributed by atoms with Crippen LogP contribution >= 0.6 is 15.9 Å². The highest BCUT2D eigenvalue weighted by Gasteiger charge is 2.14. The van der Waals surface area contributed by atoms with Crippen LogP contribution in [0.1, 0.15) is 0 Å². The number of fused-ring (bicyclic) bond motifs is 3. The molecule has 0 atom stereocenters. The third kappa shape index (κ3) is 4.04. The van der Waals surface area contributed by atoms with E-state index >= 15 is 0 Å². The Morgan fingerprint density at radius 2 is 0.921 bits per heavy atom. The fourth-order valence-corrected chi connectivity index (χ4v) is 5.79. The van der Waals surface area contributed by atoms with E-state index in [1.165, 1.54) is 60.9 Å². The molecule has 0 aliphatic carbocycles. The maximum Gasteiger partial charge on any atom is 0.0547 e. The minimum Gasteiger partial charge on any atom is -0.309 e. The maximum absolute atomic E-state index is 3.59. The van der Waals surface area contributed by atoms with Gasteiger partial charge in [0.15, 0.2) is 0 Å². The molecule has 1 nitrogen and oxygen atoms in total. The topological polar surface area (TPSA) is 4.93 Å².